The number of fused-ring (bicyclic) bond motifs is 1. The number of halogens is 2. The average Bonchev–Trinajstić information content (AvgIpc) is 3.37. The lowest BCUT2D eigenvalue weighted by atomic mass is 10.0. The normalized spacial score (nSPS) is 24.6. The lowest BCUT2D eigenvalue weighted by Gasteiger charge is -2.49. The van der Waals surface area contributed by atoms with Gasteiger partial charge < -0.3 is 31.6 Å². The maximum atomic E-state index is 12.9. The molecule has 0 saturated carbocycles. The van der Waals surface area contributed by atoms with Gasteiger partial charge in [-0.05, 0) is 18.1 Å². The molecule has 0 unspecified atom stereocenters. The molecule has 0 aliphatic carbocycles. The number of amides is 3. The second-order valence-corrected chi connectivity index (χ2v) is 10.3. The fraction of sp³-hybridized carbons (Fsp3) is 0.400. The molecule has 37 heavy (non-hydrogen) atoms. The summed E-state index contributed by atoms with van der Waals surface area (Å²) in [4.78, 5) is 57.2. The van der Waals surface area contributed by atoms with Crippen molar-refractivity contribution < 1.29 is 29.5 Å². The molecule has 5 heterocycles. The van der Waals surface area contributed by atoms with Gasteiger partial charge in [-0.3, -0.25) is 19.3 Å². The van der Waals surface area contributed by atoms with Gasteiger partial charge in [0.2, 0.25) is 5.91 Å². The monoisotopic (exact) mass is 591 g/mol. The number of thioether (sulfide) groups is 1. The number of nitrogen functional groups attached to an aromatic ring is 1. The number of allylic oxidation sites excluding steroid dienone is 1. The van der Waals surface area contributed by atoms with Gasteiger partial charge in [-0.1, -0.05) is 5.16 Å². The van der Waals surface area contributed by atoms with E-state index in [1.165, 1.54) is 17.1 Å². The van der Waals surface area contributed by atoms with E-state index in [4.69, 9.17) is 5.73 Å². The maximum Gasteiger partial charge on any atom is 0.352 e. The summed E-state index contributed by atoms with van der Waals surface area (Å²) in [7, 11) is 0. The molecule has 3 amide bonds. The van der Waals surface area contributed by atoms with Crippen LogP contribution in [-0.2, 0) is 19.2 Å². The fourth-order valence-electron chi connectivity index (χ4n) is 4.39. The van der Waals surface area contributed by atoms with Gasteiger partial charge in [0, 0.05) is 36.3 Å². The van der Waals surface area contributed by atoms with Crippen LogP contribution in [0.1, 0.15) is 12.1 Å². The van der Waals surface area contributed by atoms with Crippen LogP contribution >= 0.6 is 47.9 Å². The van der Waals surface area contributed by atoms with Crippen LogP contribution in [0.15, 0.2) is 33.5 Å². The van der Waals surface area contributed by atoms with Gasteiger partial charge in [0.05, 0.1) is 6.04 Å². The number of rotatable bonds is 6. The minimum atomic E-state index is -1.29. The molecular formula is C20H23Cl2N7O6S2. The van der Waals surface area contributed by atoms with Crippen molar-refractivity contribution in [2.75, 3.05) is 31.1 Å². The van der Waals surface area contributed by atoms with E-state index >= 15 is 0 Å². The molecule has 3 saturated heterocycles. The predicted octanol–water partition coefficient (Wildman–Crippen LogP) is -0.384. The lowest BCUT2D eigenvalue weighted by Crippen LogP contribution is -2.71. The van der Waals surface area contributed by atoms with Crippen LogP contribution in [0.3, 0.4) is 0 Å². The number of anilines is 1. The molecule has 0 aromatic carbocycles. The summed E-state index contributed by atoms with van der Waals surface area (Å²) in [5.74, 6) is -2.61. The van der Waals surface area contributed by atoms with Crippen LogP contribution in [0.4, 0.5) is 5.13 Å². The highest BCUT2D eigenvalue weighted by Crippen LogP contribution is 2.41. The van der Waals surface area contributed by atoms with Gasteiger partial charge in [0.25, 0.3) is 11.8 Å². The highest BCUT2D eigenvalue weighted by Gasteiger charge is 2.54. The minimum absolute atomic E-state index is 0. The molecule has 2 atom stereocenters. The Labute approximate surface area is 231 Å². The number of aromatic nitrogens is 1. The number of thiazole rings is 1. The molecule has 4 aliphatic rings. The van der Waals surface area contributed by atoms with Gasteiger partial charge in [0.15, 0.2) is 10.8 Å². The van der Waals surface area contributed by atoms with Gasteiger partial charge >= 0.3 is 5.97 Å². The fourth-order valence-corrected chi connectivity index (χ4v) is 6.25. The number of aliphatic carboxylic acids is 1. The van der Waals surface area contributed by atoms with E-state index in [2.05, 4.69) is 20.8 Å². The zero-order valence-electron chi connectivity index (χ0n) is 18.9. The number of nitrogens with two attached hydrogens (primary N) is 1. The predicted molar refractivity (Wildman–Crippen MR) is 140 cm³/mol. The summed E-state index contributed by atoms with van der Waals surface area (Å²) in [6, 6.07) is -0.862. The quantitative estimate of drug-likeness (QED) is 0.0957. The van der Waals surface area contributed by atoms with Crippen LogP contribution in [0.25, 0.3) is 0 Å². The third-order valence-corrected chi connectivity index (χ3v) is 8.25. The van der Waals surface area contributed by atoms with Crippen molar-refractivity contribution in [1.82, 2.24) is 25.4 Å². The van der Waals surface area contributed by atoms with Gasteiger partial charge in [0.1, 0.15) is 22.8 Å². The van der Waals surface area contributed by atoms with Crippen molar-refractivity contribution in [2.45, 2.75) is 23.9 Å². The maximum absolute atomic E-state index is 12.9. The Morgan fingerprint density at radius 2 is 2.03 bits per heavy atom. The summed E-state index contributed by atoms with van der Waals surface area (Å²) in [6.45, 7) is 2.07. The van der Waals surface area contributed by atoms with Gasteiger partial charge in [-0.15, -0.1) is 47.9 Å². The first kappa shape index (κ1) is 28.7. The third kappa shape index (κ3) is 5.01. The summed E-state index contributed by atoms with van der Waals surface area (Å²) < 4.78 is 0. The van der Waals surface area contributed by atoms with Crippen LogP contribution in [0, 0.1) is 0 Å². The smallest absolute Gasteiger partial charge is 0.352 e. The number of carbonyl (C=O) groups is 4. The van der Waals surface area contributed by atoms with Gasteiger partial charge in [-0.2, -0.15) is 0 Å². The van der Waals surface area contributed by atoms with E-state index in [1.807, 2.05) is 0 Å². The average molecular weight is 592 g/mol. The second-order valence-electron chi connectivity index (χ2n) is 8.29. The minimum Gasteiger partial charge on any atom is -0.477 e. The van der Waals surface area contributed by atoms with Crippen molar-refractivity contribution in [3.8, 4) is 0 Å². The molecular weight excluding hydrogens is 569 g/mol. The molecule has 0 bridgehead atoms. The number of likely N-dealkylation sites (tertiary alicyclic amines) is 1. The number of nitrogens with zero attached hydrogens (tertiary/aromatic N) is 4. The Balaban J connectivity index is 0.00000190. The summed E-state index contributed by atoms with van der Waals surface area (Å²) in [6.07, 6.45) is 2.10. The Kier molecular flexibility index (Phi) is 8.74. The Bertz CT molecular complexity index is 1230. The molecule has 200 valence electrons. The zero-order chi connectivity index (χ0) is 24.9. The number of hydrogen-bond donors (Lipinski definition) is 5. The molecule has 6 N–H and O–H groups in total. The molecule has 1 aromatic heterocycles. The van der Waals surface area contributed by atoms with Crippen LogP contribution < -0.4 is 16.4 Å². The van der Waals surface area contributed by atoms with Crippen molar-refractivity contribution in [2.24, 2.45) is 5.16 Å². The van der Waals surface area contributed by atoms with Crippen molar-refractivity contribution in [3.63, 3.8) is 0 Å². The molecule has 3 fully saturated rings. The number of carboxylic acids is 1. The lowest BCUT2D eigenvalue weighted by molar-refractivity contribution is -0.150. The number of carbonyl (C=O) groups excluding carboxylic acids is 3. The highest BCUT2D eigenvalue weighted by atomic mass is 35.5. The van der Waals surface area contributed by atoms with Crippen LogP contribution in [0.5, 0.6) is 0 Å². The number of carboxylic acid groups (broad SMARTS) is 1. The summed E-state index contributed by atoms with van der Waals surface area (Å²) in [5.41, 5.74) is 5.91. The molecule has 4 aliphatic heterocycles. The molecule has 17 heteroatoms. The number of β-lactam (4-membered cyclic amide) rings is 1. The van der Waals surface area contributed by atoms with E-state index in [9.17, 15) is 29.5 Å². The Hall–Kier alpha value is -2.85. The topological polar surface area (TPSA) is 191 Å². The van der Waals surface area contributed by atoms with E-state index in [0.29, 0.717) is 24.1 Å². The first-order valence-corrected chi connectivity index (χ1v) is 12.6. The van der Waals surface area contributed by atoms with Crippen LogP contribution in [-0.4, -0.2) is 97.3 Å². The van der Waals surface area contributed by atoms with Crippen molar-refractivity contribution in [3.05, 3.63) is 34.0 Å². The zero-order valence-corrected chi connectivity index (χ0v) is 22.2. The third-order valence-electron chi connectivity index (χ3n) is 6.27. The number of nitrogens with one attached hydrogen (secondary N) is 2. The van der Waals surface area contributed by atoms with Crippen LogP contribution in [0.2, 0.25) is 0 Å². The van der Waals surface area contributed by atoms with E-state index < -0.39 is 34.9 Å². The first-order chi connectivity index (χ1) is 16.8. The SMILES string of the molecule is Cl.Cl.Nc1nc(C(=NO)C(=O)N[C@@H]2C(=O)N3C(C(=O)O)=C(C=C4CCN(C5CNC5)C4=O)CS[C@H]23)cs1. The van der Waals surface area contributed by atoms with E-state index in [1.54, 1.807) is 11.0 Å². The molecule has 5 rings (SSSR count). The molecule has 1 aromatic rings. The molecule has 0 radical (unpaired) electrons. The highest BCUT2D eigenvalue weighted by molar-refractivity contribution is 8.00. The van der Waals surface area contributed by atoms with E-state index in [0.717, 1.165) is 29.3 Å². The standard InChI is InChI=1S/C20H21N7O6S2.2ClH/c21-20-23-11(7-35-20)12(25-33)15(28)24-13-17(30)27-14(19(31)32)9(6-34-18(13)27)3-8-1-2-26(16(8)29)10-4-22-5-10;;/h3,7,10,13,18,22,33H,1-2,4-6H2,(H2,21,23)(H,24,28)(H,31,32);2*1H/t13-,18-;;/m1../s1. The Morgan fingerprint density at radius 3 is 2.59 bits per heavy atom. The second kappa shape index (κ2) is 11.3. The largest absolute Gasteiger partial charge is 0.477 e. The summed E-state index contributed by atoms with van der Waals surface area (Å²) >= 11 is 2.33. The summed E-state index contributed by atoms with van der Waals surface area (Å²) in [5, 5.41) is 28.7. The van der Waals surface area contributed by atoms with Gasteiger partial charge in [-0.25, -0.2) is 9.78 Å². The number of hydrogen-bond acceptors (Lipinski definition) is 11. The molecule has 13 nitrogen and oxygen atoms in total. The van der Waals surface area contributed by atoms with Crippen molar-refractivity contribution >= 4 is 82.4 Å². The van der Waals surface area contributed by atoms with Crippen molar-refractivity contribution in [1.29, 1.82) is 0 Å². The van der Waals surface area contributed by atoms with E-state index in [-0.39, 0.29) is 59.0 Å². The molecule has 0 spiro atoms. The first-order valence-electron chi connectivity index (χ1n) is 10.7. The number of oxime groups is 1. The Morgan fingerprint density at radius 1 is 1.30 bits per heavy atom.